The van der Waals surface area contributed by atoms with Gasteiger partial charge in [-0.15, -0.1) is 0 Å². The third-order valence-corrected chi connectivity index (χ3v) is 5.72. The standard InChI is InChI=1S/C24H26N6O2/c1-31-18-11-12-21(32-2)20(15-18)26-22-19-16-25-30(17-9-5-3-6-10-17)23(19)28-24(27-22)29-13-7-4-8-14-29/h3,5-6,9-12,15-16H,4,7-8,13-14H2,1-2H3,(H,26,27,28). The van der Waals surface area contributed by atoms with Gasteiger partial charge < -0.3 is 19.7 Å². The van der Waals surface area contributed by atoms with Gasteiger partial charge in [-0.2, -0.15) is 15.1 Å². The molecule has 32 heavy (non-hydrogen) atoms. The van der Waals surface area contributed by atoms with Crippen molar-refractivity contribution in [2.45, 2.75) is 19.3 Å². The second-order valence-electron chi connectivity index (χ2n) is 7.74. The van der Waals surface area contributed by atoms with E-state index in [1.807, 2.05) is 53.2 Å². The summed E-state index contributed by atoms with van der Waals surface area (Å²) in [6, 6.07) is 15.7. The maximum Gasteiger partial charge on any atom is 0.229 e. The molecule has 0 amide bonds. The van der Waals surface area contributed by atoms with Crippen LogP contribution in [0.4, 0.5) is 17.5 Å². The highest BCUT2D eigenvalue weighted by Crippen LogP contribution is 2.34. The first-order chi connectivity index (χ1) is 15.8. The number of fused-ring (bicyclic) bond motifs is 1. The number of piperidine rings is 1. The summed E-state index contributed by atoms with van der Waals surface area (Å²) < 4.78 is 12.8. The van der Waals surface area contributed by atoms with Crippen molar-refractivity contribution in [2.24, 2.45) is 0 Å². The Labute approximate surface area is 186 Å². The molecule has 8 heteroatoms. The molecule has 1 fully saturated rings. The molecule has 2 aromatic heterocycles. The number of ether oxygens (including phenoxy) is 2. The van der Waals surface area contributed by atoms with Gasteiger partial charge in [0.05, 0.1) is 37.2 Å². The number of nitrogens with one attached hydrogen (secondary N) is 1. The molecule has 1 aliphatic rings. The summed E-state index contributed by atoms with van der Waals surface area (Å²) in [6.45, 7) is 1.90. The molecule has 2 aromatic carbocycles. The number of anilines is 3. The lowest BCUT2D eigenvalue weighted by Gasteiger charge is -2.27. The van der Waals surface area contributed by atoms with Crippen LogP contribution in [0, 0.1) is 0 Å². The molecular weight excluding hydrogens is 404 g/mol. The molecule has 0 unspecified atom stereocenters. The Bertz CT molecular complexity index is 1220. The molecule has 5 rings (SSSR count). The molecule has 4 aromatic rings. The normalized spacial score (nSPS) is 13.9. The van der Waals surface area contributed by atoms with Crippen molar-refractivity contribution in [1.82, 2.24) is 19.7 Å². The molecule has 0 bridgehead atoms. The smallest absolute Gasteiger partial charge is 0.229 e. The average molecular weight is 431 g/mol. The first kappa shape index (κ1) is 20.1. The van der Waals surface area contributed by atoms with Crippen LogP contribution in [-0.2, 0) is 0 Å². The van der Waals surface area contributed by atoms with E-state index in [2.05, 4.69) is 15.3 Å². The van der Waals surface area contributed by atoms with Gasteiger partial charge in [0.15, 0.2) is 5.65 Å². The monoisotopic (exact) mass is 430 g/mol. The van der Waals surface area contributed by atoms with Crippen LogP contribution in [-0.4, -0.2) is 47.1 Å². The number of hydrogen-bond acceptors (Lipinski definition) is 7. The molecular formula is C24H26N6O2. The molecule has 1 N–H and O–H groups in total. The topological polar surface area (TPSA) is 77.3 Å². The zero-order valence-electron chi connectivity index (χ0n) is 18.3. The first-order valence-corrected chi connectivity index (χ1v) is 10.8. The predicted molar refractivity (Wildman–Crippen MR) is 126 cm³/mol. The van der Waals surface area contributed by atoms with Crippen LogP contribution in [0.5, 0.6) is 11.5 Å². The van der Waals surface area contributed by atoms with Gasteiger partial charge in [0.25, 0.3) is 0 Å². The molecule has 3 heterocycles. The molecule has 0 aliphatic carbocycles. The van der Waals surface area contributed by atoms with Crippen molar-refractivity contribution in [3.05, 3.63) is 54.7 Å². The Morgan fingerprint density at radius 2 is 1.72 bits per heavy atom. The van der Waals surface area contributed by atoms with E-state index in [0.717, 1.165) is 54.1 Å². The van der Waals surface area contributed by atoms with Gasteiger partial charge in [-0.05, 0) is 43.5 Å². The number of methoxy groups -OCH3 is 2. The van der Waals surface area contributed by atoms with Crippen molar-refractivity contribution in [3.8, 4) is 17.2 Å². The van der Waals surface area contributed by atoms with E-state index in [-0.39, 0.29) is 0 Å². The fourth-order valence-corrected chi connectivity index (χ4v) is 4.02. The quantitative estimate of drug-likeness (QED) is 0.480. The summed E-state index contributed by atoms with van der Waals surface area (Å²) >= 11 is 0. The molecule has 0 spiro atoms. The van der Waals surface area contributed by atoms with Crippen LogP contribution in [0.2, 0.25) is 0 Å². The van der Waals surface area contributed by atoms with Crippen molar-refractivity contribution >= 4 is 28.5 Å². The molecule has 0 atom stereocenters. The zero-order valence-corrected chi connectivity index (χ0v) is 18.3. The first-order valence-electron chi connectivity index (χ1n) is 10.8. The van der Waals surface area contributed by atoms with Gasteiger partial charge in [-0.3, -0.25) is 0 Å². The van der Waals surface area contributed by atoms with Gasteiger partial charge in [0, 0.05) is 19.2 Å². The Hall–Kier alpha value is -3.81. The highest BCUT2D eigenvalue weighted by molar-refractivity contribution is 5.91. The summed E-state index contributed by atoms with van der Waals surface area (Å²) in [6.07, 6.45) is 5.34. The zero-order chi connectivity index (χ0) is 21.9. The Morgan fingerprint density at radius 3 is 2.47 bits per heavy atom. The van der Waals surface area contributed by atoms with Crippen molar-refractivity contribution < 1.29 is 9.47 Å². The average Bonchev–Trinajstić information content (AvgIpc) is 3.29. The maximum atomic E-state index is 5.56. The number of rotatable bonds is 6. The van der Waals surface area contributed by atoms with Crippen LogP contribution in [0.3, 0.4) is 0 Å². The molecule has 1 saturated heterocycles. The van der Waals surface area contributed by atoms with E-state index < -0.39 is 0 Å². The van der Waals surface area contributed by atoms with E-state index in [0.29, 0.717) is 17.5 Å². The highest BCUT2D eigenvalue weighted by Gasteiger charge is 2.20. The number of aromatic nitrogens is 4. The van der Waals surface area contributed by atoms with E-state index in [1.54, 1.807) is 20.4 Å². The summed E-state index contributed by atoms with van der Waals surface area (Å²) in [7, 11) is 3.29. The van der Waals surface area contributed by atoms with Crippen LogP contribution in [0.1, 0.15) is 19.3 Å². The number of para-hydroxylation sites is 1. The van der Waals surface area contributed by atoms with Gasteiger partial charge in [0.2, 0.25) is 5.95 Å². The van der Waals surface area contributed by atoms with Crippen LogP contribution >= 0.6 is 0 Å². The van der Waals surface area contributed by atoms with Crippen molar-refractivity contribution in [1.29, 1.82) is 0 Å². The lowest BCUT2D eigenvalue weighted by Crippen LogP contribution is -2.31. The largest absolute Gasteiger partial charge is 0.497 e. The minimum Gasteiger partial charge on any atom is -0.497 e. The summed E-state index contributed by atoms with van der Waals surface area (Å²) in [4.78, 5) is 12.1. The number of hydrogen-bond donors (Lipinski definition) is 1. The van der Waals surface area contributed by atoms with E-state index >= 15 is 0 Å². The van der Waals surface area contributed by atoms with Crippen LogP contribution in [0.25, 0.3) is 16.7 Å². The second kappa shape index (κ2) is 8.74. The summed E-state index contributed by atoms with van der Waals surface area (Å²) in [5, 5.41) is 8.91. The predicted octanol–water partition coefficient (Wildman–Crippen LogP) is 4.57. The SMILES string of the molecule is COc1ccc(OC)c(Nc2nc(N3CCCCC3)nc3c2cnn3-c2ccccc2)c1. The summed E-state index contributed by atoms with van der Waals surface area (Å²) in [5.74, 6) is 2.82. The van der Waals surface area contributed by atoms with Crippen molar-refractivity contribution in [2.75, 3.05) is 37.5 Å². The summed E-state index contributed by atoms with van der Waals surface area (Å²) in [5.41, 5.74) is 2.48. The number of nitrogens with zero attached hydrogens (tertiary/aromatic N) is 5. The highest BCUT2D eigenvalue weighted by atomic mass is 16.5. The van der Waals surface area contributed by atoms with Crippen LogP contribution in [0.15, 0.2) is 54.7 Å². The van der Waals surface area contributed by atoms with Gasteiger partial charge in [0.1, 0.15) is 17.3 Å². The van der Waals surface area contributed by atoms with Crippen LogP contribution < -0.4 is 19.7 Å². The minimum atomic E-state index is 0.685. The molecule has 0 saturated carbocycles. The van der Waals surface area contributed by atoms with Gasteiger partial charge in [-0.25, -0.2) is 4.68 Å². The Kier molecular flexibility index (Phi) is 5.49. The fourth-order valence-electron chi connectivity index (χ4n) is 4.02. The molecule has 0 radical (unpaired) electrons. The van der Waals surface area contributed by atoms with E-state index in [1.165, 1.54) is 6.42 Å². The molecule has 1 aliphatic heterocycles. The van der Waals surface area contributed by atoms with Gasteiger partial charge >= 0.3 is 0 Å². The Balaban J connectivity index is 1.65. The van der Waals surface area contributed by atoms with Crippen molar-refractivity contribution in [3.63, 3.8) is 0 Å². The third-order valence-electron chi connectivity index (χ3n) is 5.72. The maximum absolute atomic E-state index is 5.56. The number of benzene rings is 2. The third kappa shape index (κ3) is 3.79. The second-order valence-corrected chi connectivity index (χ2v) is 7.74. The minimum absolute atomic E-state index is 0.685. The lowest BCUT2D eigenvalue weighted by atomic mass is 10.1. The van der Waals surface area contributed by atoms with E-state index in [9.17, 15) is 0 Å². The lowest BCUT2D eigenvalue weighted by molar-refractivity contribution is 0.405. The Morgan fingerprint density at radius 1 is 0.906 bits per heavy atom. The van der Waals surface area contributed by atoms with E-state index in [4.69, 9.17) is 19.4 Å². The molecule has 8 nitrogen and oxygen atoms in total. The molecule has 164 valence electrons. The van der Waals surface area contributed by atoms with Gasteiger partial charge in [-0.1, -0.05) is 18.2 Å². The fraction of sp³-hybridized carbons (Fsp3) is 0.292.